The van der Waals surface area contributed by atoms with Gasteiger partial charge in [-0.25, -0.2) is 0 Å². The lowest BCUT2D eigenvalue weighted by atomic mass is 10.2. The molecule has 1 N–H and O–H groups in total. The number of phenols is 1. The van der Waals surface area contributed by atoms with Crippen LogP contribution in [0.5, 0.6) is 5.75 Å². The van der Waals surface area contributed by atoms with Gasteiger partial charge in [0.1, 0.15) is 11.6 Å². The Bertz CT molecular complexity index is 352. The van der Waals surface area contributed by atoms with Crippen LogP contribution < -0.4 is 0 Å². The molecule has 0 aromatic heterocycles. The first-order chi connectivity index (χ1) is 6.27. The first-order valence-electron chi connectivity index (χ1n) is 4.32. The summed E-state index contributed by atoms with van der Waals surface area (Å²) in [6, 6.07) is 7.19. The summed E-state index contributed by atoms with van der Waals surface area (Å²) in [5.41, 5.74) is 0.986. The molecule has 1 aliphatic rings. The standard InChI is InChI=1S/C10H12N2O.BrH/c1-12-6-5-11-10(12)8-3-2-4-9(13)7-8;/h2-4,7,13H,5-6H2,1H3;1H. The van der Waals surface area contributed by atoms with E-state index in [1.54, 1.807) is 12.1 Å². The van der Waals surface area contributed by atoms with Crippen LogP contribution in [0.3, 0.4) is 0 Å². The molecule has 0 spiro atoms. The summed E-state index contributed by atoms with van der Waals surface area (Å²) in [6.45, 7) is 1.81. The number of benzene rings is 1. The first-order valence-corrected chi connectivity index (χ1v) is 4.32. The molecule has 76 valence electrons. The van der Waals surface area contributed by atoms with Gasteiger partial charge >= 0.3 is 0 Å². The molecule has 1 aromatic carbocycles. The maximum atomic E-state index is 9.29. The average molecular weight is 257 g/mol. The van der Waals surface area contributed by atoms with E-state index in [9.17, 15) is 5.11 Å². The molecule has 0 atom stereocenters. The second kappa shape index (κ2) is 4.46. The largest absolute Gasteiger partial charge is 0.508 e. The predicted octanol–water partition coefficient (Wildman–Crippen LogP) is 1.66. The number of hydrogen-bond acceptors (Lipinski definition) is 3. The molecular formula is C10H13BrN2O. The highest BCUT2D eigenvalue weighted by Gasteiger charge is 2.14. The molecule has 1 aliphatic heterocycles. The Morgan fingerprint density at radius 1 is 1.43 bits per heavy atom. The van der Waals surface area contributed by atoms with E-state index < -0.39 is 0 Å². The Balaban J connectivity index is 0.000000980. The zero-order valence-corrected chi connectivity index (χ0v) is 9.69. The van der Waals surface area contributed by atoms with Gasteiger partial charge in [0.2, 0.25) is 0 Å². The smallest absolute Gasteiger partial charge is 0.130 e. The van der Waals surface area contributed by atoms with Crippen LogP contribution in [0.2, 0.25) is 0 Å². The molecule has 0 amide bonds. The summed E-state index contributed by atoms with van der Waals surface area (Å²) in [5, 5.41) is 9.29. The Morgan fingerprint density at radius 3 is 2.79 bits per heavy atom. The van der Waals surface area contributed by atoms with Gasteiger partial charge in [0.05, 0.1) is 6.54 Å². The van der Waals surface area contributed by atoms with E-state index in [4.69, 9.17) is 0 Å². The van der Waals surface area contributed by atoms with Gasteiger partial charge in [0.25, 0.3) is 0 Å². The Labute approximate surface area is 93.8 Å². The highest BCUT2D eigenvalue weighted by molar-refractivity contribution is 8.93. The molecule has 4 heteroatoms. The van der Waals surface area contributed by atoms with Gasteiger partial charge in [-0.15, -0.1) is 17.0 Å². The zero-order valence-electron chi connectivity index (χ0n) is 7.97. The second-order valence-corrected chi connectivity index (χ2v) is 3.18. The van der Waals surface area contributed by atoms with Crippen molar-refractivity contribution in [3.8, 4) is 5.75 Å². The minimum atomic E-state index is 0. The number of amidine groups is 1. The summed E-state index contributed by atoms with van der Waals surface area (Å²) in [6.07, 6.45) is 0. The molecule has 1 heterocycles. The number of likely N-dealkylation sites (N-methyl/N-ethyl adjacent to an activating group) is 1. The van der Waals surface area contributed by atoms with Crippen molar-refractivity contribution in [2.45, 2.75) is 0 Å². The van der Waals surface area contributed by atoms with Crippen molar-refractivity contribution in [2.75, 3.05) is 20.1 Å². The molecule has 0 fully saturated rings. The third kappa shape index (κ3) is 2.07. The van der Waals surface area contributed by atoms with Crippen molar-refractivity contribution >= 4 is 22.8 Å². The van der Waals surface area contributed by atoms with Gasteiger partial charge in [-0.05, 0) is 12.1 Å². The lowest BCUT2D eigenvalue weighted by Crippen LogP contribution is -2.23. The van der Waals surface area contributed by atoms with Gasteiger partial charge < -0.3 is 10.0 Å². The number of halogens is 1. The number of aliphatic imine (C=N–C) groups is 1. The highest BCUT2D eigenvalue weighted by Crippen LogP contribution is 2.15. The van der Waals surface area contributed by atoms with E-state index in [0.717, 1.165) is 24.5 Å². The van der Waals surface area contributed by atoms with Crippen molar-refractivity contribution in [3.05, 3.63) is 29.8 Å². The summed E-state index contributed by atoms with van der Waals surface area (Å²) in [4.78, 5) is 6.45. The van der Waals surface area contributed by atoms with Crippen LogP contribution in [0.4, 0.5) is 0 Å². The van der Waals surface area contributed by atoms with Gasteiger partial charge in [-0.1, -0.05) is 12.1 Å². The summed E-state index contributed by atoms with van der Waals surface area (Å²) < 4.78 is 0. The van der Waals surface area contributed by atoms with Gasteiger partial charge in [-0.2, -0.15) is 0 Å². The minimum absolute atomic E-state index is 0. The van der Waals surface area contributed by atoms with Crippen molar-refractivity contribution in [3.63, 3.8) is 0 Å². The number of phenolic OH excluding ortho intramolecular Hbond substituents is 1. The lowest BCUT2D eigenvalue weighted by molar-refractivity contribution is 0.475. The summed E-state index contributed by atoms with van der Waals surface area (Å²) >= 11 is 0. The van der Waals surface area contributed by atoms with Crippen molar-refractivity contribution in [1.29, 1.82) is 0 Å². The van der Waals surface area contributed by atoms with Crippen molar-refractivity contribution in [2.24, 2.45) is 4.99 Å². The van der Waals surface area contributed by atoms with Crippen molar-refractivity contribution in [1.82, 2.24) is 4.90 Å². The number of hydrogen-bond donors (Lipinski definition) is 1. The fourth-order valence-electron chi connectivity index (χ4n) is 1.49. The van der Waals surface area contributed by atoms with E-state index in [2.05, 4.69) is 9.89 Å². The molecule has 0 saturated carbocycles. The Hall–Kier alpha value is -1.03. The minimum Gasteiger partial charge on any atom is -0.508 e. The maximum absolute atomic E-state index is 9.29. The number of aromatic hydroxyl groups is 1. The van der Waals surface area contributed by atoms with Crippen LogP contribution in [0.1, 0.15) is 5.56 Å². The monoisotopic (exact) mass is 256 g/mol. The van der Waals surface area contributed by atoms with E-state index in [1.807, 2.05) is 19.2 Å². The molecule has 0 aliphatic carbocycles. The normalized spacial score (nSPS) is 14.9. The quantitative estimate of drug-likeness (QED) is 0.830. The first kappa shape index (κ1) is 11.0. The predicted molar refractivity (Wildman–Crippen MR) is 62.5 cm³/mol. The molecule has 0 bridgehead atoms. The molecular weight excluding hydrogens is 244 g/mol. The molecule has 0 radical (unpaired) electrons. The maximum Gasteiger partial charge on any atom is 0.130 e. The topological polar surface area (TPSA) is 35.8 Å². The van der Waals surface area contributed by atoms with Crippen molar-refractivity contribution < 1.29 is 5.11 Å². The van der Waals surface area contributed by atoms with Crippen LogP contribution in [-0.4, -0.2) is 36.0 Å². The average Bonchev–Trinajstić information content (AvgIpc) is 2.51. The zero-order chi connectivity index (χ0) is 9.26. The van der Waals surface area contributed by atoms with Gasteiger partial charge in [0.15, 0.2) is 0 Å². The van der Waals surface area contributed by atoms with Crippen LogP contribution >= 0.6 is 17.0 Å². The fourth-order valence-corrected chi connectivity index (χ4v) is 1.49. The lowest BCUT2D eigenvalue weighted by Gasteiger charge is -2.13. The molecule has 1 aromatic rings. The van der Waals surface area contributed by atoms with Gasteiger partial charge in [0, 0.05) is 19.2 Å². The third-order valence-corrected chi connectivity index (χ3v) is 2.16. The molecule has 0 saturated heterocycles. The van der Waals surface area contributed by atoms with E-state index in [-0.39, 0.29) is 17.0 Å². The highest BCUT2D eigenvalue weighted by atomic mass is 79.9. The molecule has 2 rings (SSSR count). The van der Waals surface area contributed by atoms with Crippen LogP contribution in [-0.2, 0) is 0 Å². The fraction of sp³-hybridized carbons (Fsp3) is 0.300. The van der Waals surface area contributed by atoms with Crippen LogP contribution in [0.15, 0.2) is 29.3 Å². The molecule has 3 nitrogen and oxygen atoms in total. The van der Waals surface area contributed by atoms with E-state index in [1.165, 1.54) is 0 Å². The SMILES string of the molecule is Br.CN1CCN=C1c1cccc(O)c1. The van der Waals surface area contributed by atoms with E-state index >= 15 is 0 Å². The molecule has 14 heavy (non-hydrogen) atoms. The van der Waals surface area contributed by atoms with Crippen LogP contribution in [0, 0.1) is 0 Å². The van der Waals surface area contributed by atoms with E-state index in [0.29, 0.717) is 5.75 Å². The van der Waals surface area contributed by atoms with Gasteiger partial charge in [-0.3, -0.25) is 4.99 Å². The summed E-state index contributed by atoms with van der Waals surface area (Å²) in [5.74, 6) is 1.26. The van der Waals surface area contributed by atoms with Crippen LogP contribution in [0.25, 0.3) is 0 Å². The second-order valence-electron chi connectivity index (χ2n) is 3.18. The number of nitrogens with zero attached hydrogens (tertiary/aromatic N) is 2. The third-order valence-electron chi connectivity index (χ3n) is 2.16. The summed E-state index contributed by atoms with van der Waals surface area (Å²) in [7, 11) is 2.01. The Kier molecular flexibility index (Phi) is 3.52. The molecule has 0 unspecified atom stereocenters. The number of rotatable bonds is 1. The Morgan fingerprint density at radius 2 is 2.21 bits per heavy atom.